The van der Waals surface area contributed by atoms with E-state index in [2.05, 4.69) is 24.8 Å². The molecule has 1 amide bonds. The van der Waals surface area contributed by atoms with Gasteiger partial charge in [0.15, 0.2) is 0 Å². The first-order chi connectivity index (χ1) is 12.6. The van der Waals surface area contributed by atoms with Crippen LogP contribution in [0.2, 0.25) is 0 Å². The molecule has 1 aromatic carbocycles. The minimum atomic E-state index is -0.513. The Bertz CT molecular complexity index is 787. The highest BCUT2D eigenvalue weighted by Crippen LogP contribution is 2.65. The van der Waals surface area contributed by atoms with E-state index in [0.29, 0.717) is 29.5 Å². The molecule has 4 atom stereocenters. The predicted octanol–water partition coefficient (Wildman–Crippen LogP) is 3.81. The van der Waals surface area contributed by atoms with Crippen LogP contribution in [0.5, 0.6) is 0 Å². The lowest BCUT2D eigenvalue weighted by molar-refractivity contribution is -0.0170. The molecule has 5 heteroatoms. The molecule has 4 rings (SSSR count). The number of carbonyl (C=O) groups excluding carboxylic acids is 1. The van der Waals surface area contributed by atoms with E-state index in [1.807, 2.05) is 49.9 Å². The number of nitrogens with zero attached hydrogens (tertiary/aromatic N) is 3. The third-order valence-electron chi connectivity index (χ3n) is 6.67. The summed E-state index contributed by atoms with van der Waals surface area (Å²) in [5, 5.41) is 9.07. The molecule has 0 bridgehead atoms. The Balaban J connectivity index is 1.61. The zero-order chi connectivity index (χ0) is 19.6. The fourth-order valence-corrected chi connectivity index (χ4v) is 5.19. The monoisotopic (exact) mass is 367 g/mol. The lowest BCUT2D eigenvalue weighted by atomic mass is 9.94. The van der Waals surface area contributed by atoms with Crippen LogP contribution in [0.3, 0.4) is 0 Å². The number of amides is 1. The van der Waals surface area contributed by atoms with Crippen LogP contribution in [0, 0.1) is 28.6 Å². The number of nitriles is 1. The summed E-state index contributed by atoms with van der Waals surface area (Å²) >= 11 is 0. The van der Waals surface area contributed by atoms with E-state index in [4.69, 9.17) is 10.00 Å². The summed E-state index contributed by atoms with van der Waals surface area (Å²) in [6, 6.07) is 10.2. The van der Waals surface area contributed by atoms with Crippen molar-refractivity contribution in [2.75, 3.05) is 19.6 Å². The molecule has 1 aliphatic carbocycles. The largest absolute Gasteiger partial charge is 0.444 e. The van der Waals surface area contributed by atoms with Crippen LogP contribution in [0.25, 0.3) is 0 Å². The molecule has 3 fully saturated rings. The molecule has 1 aromatic rings. The maximum atomic E-state index is 13.0. The Hall–Kier alpha value is -2.06. The second-order valence-corrected chi connectivity index (χ2v) is 9.86. The van der Waals surface area contributed by atoms with Crippen molar-refractivity contribution in [3.8, 4) is 6.07 Å². The number of hydrogen-bond acceptors (Lipinski definition) is 4. The molecule has 0 unspecified atom stereocenters. The second-order valence-electron chi connectivity index (χ2n) is 9.86. The van der Waals surface area contributed by atoms with Crippen molar-refractivity contribution >= 4 is 6.09 Å². The molecule has 0 spiro atoms. The van der Waals surface area contributed by atoms with E-state index < -0.39 is 5.60 Å². The topological polar surface area (TPSA) is 56.6 Å². The lowest BCUT2D eigenvalue weighted by Crippen LogP contribution is -2.56. The van der Waals surface area contributed by atoms with Crippen molar-refractivity contribution in [2.45, 2.75) is 52.3 Å². The van der Waals surface area contributed by atoms with Crippen LogP contribution >= 0.6 is 0 Å². The number of benzene rings is 1. The molecule has 0 N–H and O–H groups in total. The van der Waals surface area contributed by atoms with Gasteiger partial charge in [-0.15, -0.1) is 0 Å². The van der Waals surface area contributed by atoms with Crippen LogP contribution in [0.4, 0.5) is 4.79 Å². The van der Waals surface area contributed by atoms with Gasteiger partial charge in [0.05, 0.1) is 17.7 Å². The van der Waals surface area contributed by atoms with Gasteiger partial charge < -0.3 is 4.74 Å². The van der Waals surface area contributed by atoms with E-state index in [-0.39, 0.29) is 12.1 Å². The minimum absolute atomic E-state index is 0.0375. The smallest absolute Gasteiger partial charge is 0.410 e. The van der Waals surface area contributed by atoms with E-state index in [1.165, 1.54) is 0 Å². The Morgan fingerprint density at radius 2 is 1.85 bits per heavy atom. The van der Waals surface area contributed by atoms with Gasteiger partial charge in [0, 0.05) is 25.7 Å². The van der Waals surface area contributed by atoms with Gasteiger partial charge in [0.1, 0.15) is 5.60 Å². The summed E-state index contributed by atoms with van der Waals surface area (Å²) in [6.45, 7) is 13.1. The maximum Gasteiger partial charge on any atom is 0.410 e. The second kappa shape index (κ2) is 5.97. The number of piperidine rings is 1. The molecule has 2 saturated heterocycles. The third kappa shape index (κ3) is 3.10. The van der Waals surface area contributed by atoms with Gasteiger partial charge in [0.2, 0.25) is 0 Å². The highest BCUT2D eigenvalue weighted by molar-refractivity contribution is 5.69. The quantitative estimate of drug-likeness (QED) is 0.757. The van der Waals surface area contributed by atoms with Gasteiger partial charge in [-0.2, -0.15) is 5.26 Å². The van der Waals surface area contributed by atoms with Crippen LogP contribution in [0.1, 0.15) is 51.8 Å². The molecule has 3 aliphatic rings. The number of piperazine rings is 1. The SMILES string of the molecule is CC(C)(C)OC(=O)N1C[C@@H]2[C@@H]3[C@H](CN2C[C@H]1c1ccc(C#N)cc1)C3(C)C. The van der Waals surface area contributed by atoms with E-state index >= 15 is 0 Å². The summed E-state index contributed by atoms with van der Waals surface area (Å²) < 4.78 is 5.74. The molecule has 5 nitrogen and oxygen atoms in total. The van der Waals surface area contributed by atoms with Crippen molar-refractivity contribution in [3.05, 3.63) is 35.4 Å². The first-order valence-corrected chi connectivity index (χ1v) is 9.85. The molecule has 1 saturated carbocycles. The summed E-state index contributed by atoms with van der Waals surface area (Å²) in [6.07, 6.45) is -0.238. The van der Waals surface area contributed by atoms with Gasteiger partial charge >= 0.3 is 6.09 Å². The number of ether oxygens (including phenoxy) is 1. The number of hydrogen-bond donors (Lipinski definition) is 0. The minimum Gasteiger partial charge on any atom is -0.444 e. The van der Waals surface area contributed by atoms with Crippen molar-refractivity contribution in [1.82, 2.24) is 9.80 Å². The van der Waals surface area contributed by atoms with Crippen LogP contribution in [-0.4, -0.2) is 47.2 Å². The zero-order valence-electron chi connectivity index (χ0n) is 16.9. The van der Waals surface area contributed by atoms with Gasteiger partial charge in [-0.25, -0.2) is 4.79 Å². The normalized spacial score (nSPS) is 31.6. The predicted molar refractivity (Wildman–Crippen MR) is 103 cm³/mol. The highest BCUT2D eigenvalue weighted by atomic mass is 16.6. The first kappa shape index (κ1) is 18.3. The lowest BCUT2D eigenvalue weighted by Gasteiger charge is -2.46. The van der Waals surface area contributed by atoms with Crippen LogP contribution < -0.4 is 0 Å². The van der Waals surface area contributed by atoms with Crippen molar-refractivity contribution < 1.29 is 9.53 Å². The van der Waals surface area contributed by atoms with Crippen molar-refractivity contribution in [3.63, 3.8) is 0 Å². The molecule has 0 aromatic heterocycles. The average molecular weight is 367 g/mol. The summed E-state index contributed by atoms with van der Waals surface area (Å²) in [5.41, 5.74) is 1.58. The molecular weight excluding hydrogens is 338 g/mol. The Kier molecular flexibility index (Phi) is 4.05. The Labute approximate surface area is 161 Å². The molecule has 2 heterocycles. The van der Waals surface area contributed by atoms with Crippen LogP contribution in [0.15, 0.2) is 24.3 Å². The maximum absolute atomic E-state index is 13.0. The summed E-state index contributed by atoms with van der Waals surface area (Å²) in [4.78, 5) is 17.5. The fraction of sp³-hybridized carbons (Fsp3) is 0.636. The van der Waals surface area contributed by atoms with Gasteiger partial charge in [-0.05, 0) is 55.7 Å². The first-order valence-electron chi connectivity index (χ1n) is 9.85. The van der Waals surface area contributed by atoms with E-state index in [9.17, 15) is 4.79 Å². The molecule has 0 radical (unpaired) electrons. The summed E-state index contributed by atoms with van der Waals surface area (Å²) in [5.74, 6) is 1.41. The molecule has 2 aliphatic heterocycles. The number of carbonyl (C=O) groups is 1. The summed E-state index contributed by atoms with van der Waals surface area (Å²) in [7, 11) is 0. The average Bonchev–Trinajstić information content (AvgIpc) is 2.95. The molecule has 144 valence electrons. The standard InChI is InChI=1S/C22H29N3O2/c1-21(2,3)27-20(26)25-13-18-19-16(22(19,4)5)11-24(18)12-17(25)15-8-6-14(10-23)7-9-15/h6-9,16-19H,11-13H2,1-5H3/t16-,17-,18+,19-/m0/s1. The van der Waals surface area contributed by atoms with Crippen molar-refractivity contribution in [1.29, 1.82) is 5.26 Å². The number of rotatable bonds is 1. The molecule has 27 heavy (non-hydrogen) atoms. The van der Waals surface area contributed by atoms with E-state index in [0.717, 1.165) is 24.6 Å². The Morgan fingerprint density at radius 3 is 2.44 bits per heavy atom. The van der Waals surface area contributed by atoms with E-state index in [1.54, 1.807) is 0 Å². The Morgan fingerprint density at radius 1 is 1.19 bits per heavy atom. The highest BCUT2D eigenvalue weighted by Gasteiger charge is 2.67. The van der Waals surface area contributed by atoms with Crippen molar-refractivity contribution in [2.24, 2.45) is 17.3 Å². The van der Waals surface area contributed by atoms with Gasteiger partial charge in [-0.1, -0.05) is 26.0 Å². The fourth-order valence-electron chi connectivity index (χ4n) is 5.19. The zero-order valence-corrected chi connectivity index (χ0v) is 16.9. The van der Waals surface area contributed by atoms with Crippen LogP contribution in [-0.2, 0) is 4.74 Å². The number of fused-ring (bicyclic) bond motifs is 3. The molecular formula is C22H29N3O2. The third-order valence-corrected chi connectivity index (χ3v) is 6.67. The van der Waals surface area contributed by atoms with Gasteiger partial charge in [-0.3, -0.25) is 9.80 Å². The van der Waals surface area contributed by atoms with Gasteiger partial charge in [0.25, 0.3) is 0 Å².